The highest BCUT2D eigenvalue weighted by molar-refractivity contribution is 7.98. The third kappa shape index (κ3) is 3.67. The molecule has 4 nitrogen and oxygen atoms in total. The van der Waals surface area contributed by atoms with Crippen LogP contribution in [-0.2, 0) is 0 Å². The topological polar surface area (TPSA) is 45.6 Å². The second-order valence-corrected chi connectivity index (χ2v) is 8.01. The van der Waals surface area contributed by atoms with Crippen LogP contribution in [0.5, 0.6) is 5.75 Å². The van der Waals surface area contributed by atoms with Crippen LogP contribution < -0.4 is 9.64 Å². The maximum atomic E-state index is 13.1. The van der Waals surface area contributed by atoms with Crippen molar-refractivity contribution in [1.29, 1.82) is 0 Å². The Kier molecular flexibility index (Phi) is 5.05. The summed E-state index contributed by atoms with van der Waals surface area (Å²) < 4.78 is 19.0. The number of aromatic nitrogens is 1. The Bertz CT molecular complexity index is 740. The van der Waals surface area contributed by atoms with Crippen molar-refractivity contribution in [2.75, 3.05) is 24.2 Å². The van der Waals surface area contributed by atoms with Gasteiger partial charge in [0.25, 0.3) is 0 Å². The quantitative estimate of drug-likeness (QED) is 0.829. The summed E-state index contributed by atoms with van der Waals surface area (Å²) in [6, 6.07) is 10.2. The molecule has 2 aliphatic rings. The van der Waals surface area contributed by atoms with Gasteiger partial charge in [0.05, 0.1) is 6.10 Å². The van der Waals surface area contributed by atoms with Crippen molar-refractivity contribution in [2.24, 2.45) is 11.8 Å². The first-order valence-electron chi connectivity index (χ1n) is 8.97. The lowest BCUT2D eigenvalue weighted by atomic mass is 9.78. The van der Waals surface area contributed by atoms with E-state index in [2.05, 4.69) is 22.0 Å². The summed E-state index contributed by atoms with van der Waals surface area (Å²) in [5, 5.41) is 10.5. The van der Waals surface area contributed by atoms with Crippen molar-refractivity contribution in [1.82, 2.24) is 4.98 Å². The molecule has 6 heteroatoms. The number of rotatable bonds is 4. The van der Waals surface area contributed by atoms with Gasteiger partial charge in [-0.25, -0.2) is 9.37 Å². The third-order valence-corrected chi connectivity index (χ3v) is 6.18. The minimum Gasteiger partial charge on any atom is -0.488 e. The molecule has 0 spiro atoms. The Morgan fingerprint density at radius 3 is 2.50 bits per heavy atom. The normalized spacial score (nSPS) is 28.0. The van der Waals surface area contributed by atoms with E-state index in [4.69, 9.17) is 4.74 Å². The van der Waals surface area contributed by atoms with E-state index < -0.39 is 6.10 Å². The van der Waals surface area contributed by atoms with Crippen molar-refractivity contribution in [2.45, 2.75) is 29.9 Å². The number of thioether (sulfide) groups is 1. The molecule has 138 valence electrons. The molecule has 1 aromatic carbocycles. The fraction of sp³-hybridized carbons (Fsp3) is 0.450. The van der Waals surface area contributed by atoms with Gasteiger partial charge in [-0.2, -0.15) is 0 Å². The number of aliphatic hydroxyl groups excluding tert-OH is 1. The average molecular weight is 374 g/mol. The summed E-state index contributed by atoms with van der Waals surface area (Å²) in [6.07, 6.45) is 4.76. The lowest BCUT2D eigenvalue weighted by molar-refractivity contribution is -0.0231. The second-order valence-electron chi connectivity index (χ2n) is 7.13. The zero-order valence-electron chi connectivity index (χ0n) is 14.7. The summed E-state index contributed by atoms with van der Waals surface area (Å²) in [5.74, 6) is 2.26. The number of benzene rings is 1. The van der Waals surface area contributed by atoms with Crippen molar-refractivity contribution in [3.05, 3.63) is 48.4 Å². The molecule has 1 saturated carbocycles. The fourth-order valence-electron chi connectivity index (χ4n) is 4.07. The maximum absolute atomic E-state index is 13.1. The van der Waals surface area contributed by atoms with Gasteiger partial charge >= 0.3 is 0 Å². The molecule has 2 fully saturated rings. The van der Waals surface area contributed by atoms with Crippen LogP contribution in [0.25, 0.3) is 0 Å². The summed E-state index contributed by atoms with van der Waals surface area (Å²) >= 11 is 1.69. The van der Waals surface area contributed by atoms with Gasteiger partial charge in [0, 0.05) is 24.2 Å². The van der Waals surface area contributed by atoms with Gasteiger partial charge in [0.1, 0.15) is 23.5 Å². The minimum atomic E-state index is -0.493. The molecule has 1 aromatic heterocycles. The molecule has 1 aliphatic carbocycles. The number of fused-ring (bicyclic) bond motifs is 1. The lowest BCUT2D eigenvalue weighted by Crippen LogP contribution is -2.42. The van der Waals surface area contributed by atoms with E-state index in [-0.39, 0.29) is 11.9 Å². The van der Waals surface area contributed by atoms with Crippen LogP contribution in [0.3, 0.4) is 0 Å². The van der Waals surface area contributed by atoms with Gasteiger partial charge < -0.3 is 14.7 Å². The van der Waals surface area contributed by atoms with Crippen molar-refractivity contribution >= 4 is 17.6 Å². The molecule has 2 heterocycles. The van der Waals surface area contributed by atoms with Crippen LogP contribution in [-0.4, -0.2) is 41.6 Å². The number of nitrogens with zero attached hydrogens (tertiary/aromatic N) is 2. The molecule has 1 N–H and O–H groups in total. The number of hydrogen-bond acceptors (Lipinski definition) is 5. The molecular formula is C20H23FN2O2S. The monoisotopic (exact) mass is 374 g/mol. The molecule has 26 heavy (non-hydrogen) atoms. The zero-order valence-corrected chi connectivity index (χ0v) is 15.5. The summed E-state index contributed by atoms with van der Waals surface area (Å²) in [5.41, 5.74) is 0. The van der Waals surface area contributed by atoms with Crippen LogP contribution in [0.4, 0.5) is 10.2 Å². The van der Waals surface area contributed by atoms with Gasteiger partial charge in [0.2, 0.25) is 0 Å². The van der Waals surface area contributed by atoms with Crippen molar-refractivity contribution in [3.8, 4) is 5.75 Å². The third-order valence-electron chi connectivity index (χ3n) is 5.47. The SMILES string of the molecule is CSc1ccc(N2C[C@H]3C[C@@H](Oc4ccc(F)cc4)[C@H](O)C[C@H]3C2)nc1. The fourth-order valence-corrected chi connectivity index (χ4v) is 4.43. The number of halogens is 1. The van der Waals surface area contributed by atoms with E-state index in [0.29, 0.717) is 17.6 Å². The smallest absolute Gasteiger partial charge is 0.128 e. The second kappa shape index (κ2) is 7.45. The largest absolute Gasteiger partial charge is 0.488 e. The number of anilines is 1. The van der Waals surface area contributed by atoms with E-state index in [9.17, 15) is 9.50 Å². The Balaban J connectivity index is 1.41. The number of pyridine rings is 1. The molecule has 0 bridgehead atoms. The van der Waals surface area contributed by atoms with Crippen LogP contribution in [0.2, 0.25) is 0 Å². The minimum absolute atomic E-state index is 0.242. The Labute approximate surface area is 157 Å². The summed E-state index contributed by atoms with van der Waals surface area (Å²) in [4.78, 5) is 8.05. The molecule has 0 amide bonds. The molecular weight excluding hydrogens is 351 g/mol. The molecule has 0 unspecified atom stereocenters. The lowest BCUT2D eigenvalue weighted by Gasteiger charge is -2.35. The average Bonchev–Trinajstić information content (AvgIpc) is 3.06. The van der Waals surface area contributed by atoms with E-state index in [1.807, 2.05) is 12.5 Å². The summed E-state index contributed by atoms with van der Waals surface area (Å²) in [7, 11) is 0. The first-order chi connectivity index (χ1) is 12.6. The predicted octanol–water partition coefficient (Wildman–Crippen LogP) is 3.60. The number of hydrogen-bond donors (Lipinski definition) is 1. The molecule has 1 aliphatic heterocycles. The first-order valence-corrected chi connectivity index (χ1v) is 10.2. The predicted molar refractivity (Wildman–Crippen MR) is 101 cm³/mol. The van der Waals surface area contributed by atoms with Crippen LogP contribution in [0.15, 0.2) is 47.5 Å². The van der Waals surface area contributed by atoms with Gasteiger partial charge in [-0.05, 0) is 67.3 Å². The first kappa shape index (κ1) is 17.6. The summed E-state index contributed by atoms with van der Waals surface area (Å²) in [6.45, 7) is 1.86. The molecule has 4 rings (SSSR count). The number of ether oxygens (including phenoxy) is 1. The Hall–Kier alpha value is -1.79. The van der Waals surface area contributed by atoms with Gasteiger partial charge in [-0.3, -0.25) is 0 Å². The Morgan fingerprint density at radius 1 is 1.12 bits per heavy atom. The van der Waals surface area contributed by atoms with E-state index in [1.165, 1.54) is 12.1 Å². The molecule has 1 saturated heterocycles. The van der Waals surface area contributed by atoms with E-state index in [0.717, 1.165) is 36.6 Å². The van der Waals surface area contributed by atoms with Crippen LogP contribution >= 0.6 is 11.8 Å². The highest BCUT2D eigenvalue weighted by atomic mass is 32.2. The standard InChI is InChI=1S/C20H23FN2O2S/c1-26-17-6-7-20(22-10-17)23-11-13-8-18(24)19(9-14(13)12-23)25-16-4-2-15(21)3-5-16/h2-7,10,13-14,18-19,24H,8-9,11-12H2,1H3/t13-,14+,18+,19+/m0/s1. The zero-order chi connectivity index (χ0) is 18.1. The van der Waals surface area contributed by atoms with Crippen molar-refractivity contribution < 1.29 is 14.2 Å². The van der Waals surface area contributed by atoms with Crippen molar-refractivity contribution in [3.63, 3.8) is 0 Å². The van der Waals surface area contributed by atoms with Crippen LogP contribution in [0.1, 0.15) is 12.8 Å². The highest BCUT2D eigenvalue weighted by Crippen LogP contribution is 2.39. The van der Waals surface area contributed by atoms with Gasteiger partial charge in [0.15, 0.2) is 0 Å². The Morgan fingerprint density at radius 2 is 1.85 bits per heavy atom. The van der Waals surface area contributed by atoms with Gasteiger partial charge in [-0.1, -0.05) is 0 Å². The number of aliphatic hydroxyl groups is 1. The maximum Gasteiger partial charge on any atom is 0.128 e. The van der Waals surface area contributed by atoms with E-state index >= 15 is 0 Å². The van der Waals surface area contributed by atoms with Crippen LogP contribution in [0, 0.1) is 17.7 Å². The molecule has 2 aromatic rings. The highest BCUT2D eigenvalue weighted by Gasteiger charge is 2.43. The van der Waals surface area contributed by atoms with E-state index in [1.54, 1.807) is 23.9 Å². The molecule has 4 atom stereocenters. The molecule has 0 radical (unpaired) electrons. The van der Waals surface area contributed by atoms with Gasteiger partial charge in [-0.15, -0.1) is 11.8 Å².